The molecule has 98 valence electrons. The summed E-state index contributed by atoms with van der Waals surface area (Å²) in [7, 11) is 1.56. The fourth-order valence-corrected chi connectivity index (χ4v) is 2.07. The summed E-state index contributed by atoms with van der Waals surface area (Å²) >= 11 is 0. The highest BCUT2D eigenvalue weighted by atomic mass is 16.5. The maximum atomic E-state index is 11.8. The minimum atomic E-state index is 0.0968. The van der Waals surface area contributed by atoms with Crippen molar-refractivity contribution < 1.29 is 9.53 Å². The van der Waals surface area contributed by atoms with Crippen LogP contribution in [-0.2, 0) is 4.79 Å². The number of rotatable bonds is 4. The number of hydrogen-bond acceptors (Lipinski definition) is 5. The highest BCUT2D eigenvalue weighted by Crippen LogP contribution is 2.19. The largest absolute Gasteiger partial charge is 0.481 e. The summed E-state index contributed by atoms with van der Waals surface area (Å²) in [5.41, 5.74) is 0. The van der Waals surface area contributed by atoms with Crippen LogP contribution in [0.1, 0.15) is 20.3 Å². The second-order valence-electron chi connectivity index (χ2n) is 4.63. The summed E-state index contributed by atoms with van der Waals surface area (Å²) in [6, 6.07) is 2.06. The molecule has 6 nitrogen and oxygen atoms in total. The van der Waals surface area contributed by atoms with Crippen molar-refractivity contribution in [3.05, 3.63) is 12.4 Å². The summed E-state index contributed by atoms with van der Waals surface area (Å²) in [4.78, 5) is 21.7. The lowest BCUT2D eigenvalue weighted by atomic mass is 10.2. The first kappa shape index (κ1) is 12.6. The smallest absolute Gasteiger partial charge is 0.225 e. The number of carbonyl (C=O) groups is 1. The number of nitrogens with zero attached hydrogens (tertiary/aromatic N) is 3. The zero-order valence-corrected chi connectivity index (χ0v) is 10.9. The van der Waals surface area contributed by atoms with Gasteiger partial charge in [0.15, 0.2) is 0 Å². The average molecular weight is 250 g/mol. The van der Waals surface area contributed by atoms with Gasteiger partial charge in [-0.15, -0.1) is 0 Å². The lowest BCUT2D eigenvalue weighted by Crippen LogP contribution is -2.33. The minimum absolute atomic E-state index is 0.0968. The van der Waals surface area contributed by atoms with E-state index in [-0.39, 0.29) is 18.0 Å². The van der Waals surface area contributed by atoms with Crippen molar-refractivity contribution in [2.24, 2.45) is 0 Å². The van der Waals surface area contributed by atoms with E-state index in [1.54, 1.807) is 13.2 Å². The van der Waals surface area contributed by atoms with Crippen molar-refractivity contribution in [2.75, 3.05) is 19.0 Å². The number of methoxy groups -OCH3 is 1. The van der Waals surface area contributed by atoms with E-state index >= 15 is 0 Å². The molecule has 18 heavy (non-hydrogen) atoms. The second-order valence-corrected chi connectivity index (χ2v) is 4.63. The Bertz CT molecular complexity index is 436. The third kappa shape index (κ3) is 2.69. The first-order valence-corrected chi connectivity index (χ1v) is 6.02. The quantitative estimate of drug-likeness (QED) is 0.860. The number of hydrogen-bond donors (Lipinski definition) is 1. The monoisotopic (exact) mass is 250 g/mol. The second kappa shape index (κ2) is 5.20. The van der Waals surface area contributed by atoms with E-state index in [2.05, 4.69) is 15.3 Å². The number of likely N-dealkylation sites (tertiary alicyclic amines) is 1. The van der Waals surface area contributed by atoms with E-state index < -0.39 is 0 Å². The van der Waals surface area contributed by atoms with E-state index in [9.17, 15) is 4.79 Å². The molecule has 0 saturated carbocycles. The molecule has 1 atom stereocenters. The molecule has 1 fully saturated rings. The lowest BCUT2D eigenvalue weighted by Gasteiger charge is -2.21. The number of nitrogens with one attached hydrogen (secondary N) is 1. The molecule has 0 spiro atoms. The number of anilines is 1. The maximum absolute atomic E-state index is 11.8. The average Bonchev–Trinajstić information content (AvgIpc) is 2.70. The van der Waals surface area contributed by atoms with Crippen molar-refractivity contribution in [3.63, 3.8) is 0 Å². The van der Waals surface area contributed by atoms with Crippen molar-refractivity contribution in [1.82, 2.24) is 14.9 Å². The Morgan fingerprint density at radius 1 is 1.50 bits per heavy atom. The van der Waals surface area contributed by atoms with E-state index in [4.69, 9.17) is 4.74 Å². The molecule has 2 rings (SSSR count). The van der Waals surface area contributed by atoms with Gasteiger partial charge in [-0.3, -0.25) is 4.79 Å². The first-order chi connectivity index (χ1) is 8.60. The third-order valence-electron chi connectivity index (χ3n) is 2.98. The number of amides is 1. The van der Waals surface area contributed by atoms with Crippen LogP contribution in [0, 0.1) is 0 Å². The van der Waals surface area contributed by atoms with Gasteiger partial charge in [0.2, 0.25) is 11.8 Å². The molecular weight excluding hydrogens is 232 g/mol. The molecule has 1 amide bonds. The Morgan fingerprint density at radius 2 is 2.28 bits per heavy atom. The molecule has 6 heteroatoms. The highest BCUT2D eigenvalue weighted by Gasteiger charge is 2.31. The van der Waals surface area contributed by atoms with Gasteiger partial charge in [-0.2, -0.15) is 0 Å². The Morgan fingerprint density at radius 3 is 2.89 bits per heavy atom. The van der Waals surface area contributed by atoms with E-state index in [1.807, 2.05) is 18.7 Å². The molecule has 1 aromatic rings. The van der Waals surface area contributed by atoms with Gasteiger partial charge in [-0.25, -0.2) is 9.97 Å². The van der Waals surface area contributed by atoms with Gasteiger partial charge >= 0.3 is 0 Å². The summed E-state index contributed by atoms with van der Waals surface area (Å²) in [6.07, 6.45) is 1.95. The first-order valence-electron chi connectivity index (χ1n) is 6.02. The van der Waals surface area contributed by atoms with E-state index in [1.165, 1.54) is 6.33 Å². The highest BCUT2D eigenvalue weighted by molar-refractivity contribution is 5.80. The van der Waals surface area contributed by atoms with Crippen LogP contribution in [0.5, 0.6) is 5.88 Å². The van der Waals surface area contributed by atoms with Crippen LogP contribution >= 0.6 is 0 Å². The fraction of sp³-hybridized carbons (Fsp3) is 0.583. The fourth-order valence-electron chi connectivity index (χ4n) is 2.07. The number of aromatic nitrogens is 2. The lowest BCUT2D eigenvalue weighted by molar-refractivity contribution is -0.129. The van der Waals surface area contributed by atoms with Gasteiger partial charge in [0.1, 0.15) is 12.1 Å². The van der Waals surface area contributed by atoms with Gasteiger partial charge in [0.25, 0.3) is 0 Å². The van der Waals surface area contributed by atoms with Crippen LogP contribution < -0.4 is 10.1 Å². The van der Waals surface area contributed by atoms with Crippen LogP contribution in [-0.4, -0.2) is 46.5 Å². The van der Waals surface area contributed by atoms with Crippen LogP contribution in [0.15, 0.2) is 12.4 Å². The van der Waals surface area contributed by atoms with Gasteiger partial charge in [0, 0.05) is 25.1 Å². The van der Waals surface area contributed by atoms with Crippen LogP contribution in [0.3, 0.4) is 0 Å². The van der Waals surface area contributed by atoms with E-state index in [0.717, 1.165) is 0 Å². The van der Waals surface area contributed by atoms with Crippen molar-refractivity contribution >= 4 is 11.7 Å². The van der Waals surface area contributed by atoms with Crippen molar-refractivity contribution in [3.8, 4) is 5.88 Å². The summed E-state index contributed by atoms with van der Waals surface area (Å²) < 4.78 is 5.03. The van der Waals surface area contributed by atoms with Gasteiger partial charge in [-0.1, -0.05) is 0 Å². The predicted molar refractivity (Wildman–Crippen MR) is 67.5 cm³/mol. The summed E-state index contributed by atoms with van der Waals surface area (Å²) in [6.45, 7) is 4.75. The summed E-state index contributed by atoms with van der Waals surface area (Å²) in [5, 5.41) is 3.24. The molecule has 0 radical (unpaired) electrons. The van der Waals surface area contributed by atoms with Crippen LogP contribution in [0.4, 0.5) is 5.82 Å². The Labute approximate surface area is 106 Å². The Hall–Kier alpha value is -1.85. The molecule has 1 N–H and O–H groups in total. The standard InChI is InChI=1S/C12H18N4O2/c1-8(2)16-6-9(4-12(16)17)15-10-5-11(18-3)14-7-13-10/h5,7-9H,4,6H2,1-3H3,(H,13,14,15). The number of carbonyl (C=O) groups excluding carboxylic acids is 1. The maximum Gasteiger partial charge on any atom is 0.225 e. The van der Waals surface area contributed by atoms with Gasteiger partial charge in [-0.05, 0) is 13.8 Å². The van der Waals surface area contributed by atoms with Crippen molar-refractivity contribution in [1.29, 1.82) is 0 Å². The van der Waals surface area contributed by atoms with Gasteiger partial charge in [0.05, 0.1) is 13.2 Å². The summed E-state index contributed by atoms with van der Waals surface area (Å²) in [5.74, 6) is 1.38. The van der Waals surface area contributed by atoms with Crippen LogP contribution in [0.25, 0.3) is 0 Å². The molecular formula is C12H18N4O2. The molecule has 1 unspecified atom stereocenters. The molecule has 0 bridgehead atoms. The van der Waals surface area contributed by atoms with Crippen molar-refractivity contribution in [2.45, 2.75) is 32.4 Å². The zero-order chi connectivity index (χ0) is 13.1. The topological polar surface area (TPSA) is 67.3 Å². The predicted octanol–water partition coefficient (Wildman–Crippen LogP) is 0.906. The van der Waals surface area contributed by atoms with Crippen LogP contribution in [0.2, 0.25) is 0 Å². The molecule has 1 saturated heterocycles. The Kier molecular flexibility index (Phi) is 3.64. The SMILES string of the molecule is COc1cc(NC2CC(=O)N(C(C)C)C2)ncn1. The molecule has 0 aliphatic carbocycles. The molecule has 1 aliphatic rings. The Balaban J connectivity index is 2.00. The molecule has 1 aliphatic heterocycles. The molecule has 0 aromatic carbocycles. The van der Waals surface area contributed by atoms with E-state index in [0.29, 0.717) is 24.7 Å². The normalized spacial score (nSPS) is 19.4. The third-order valence-corrected chi connectivity index (χ3v) is 2.98. The molecule has 1 aromatic heterocycles. The molecule has 2 heterocycles. The zero-order valence-electron chi connectivity index (χ0n) is 10.9. The minimum Gasteiger partial charge on any atom is -0.481 e. The number of ether oxygens (including phenoxy) is 1. The van der Waals surface area contributed by atoms with Gasteiger partial charge < -0.3 is 15.0 Å².